The van der Waals surface area contributed by atoms with Gasteiger partial charge in [0, 0.05) is 18.2 Å². The van der Waals surface area contributed by atoms with E-state index in [9.17, 15) is 9.18 Å². The van der Waals surface area contributed by atoms with E-state index in [4.69, 9.17) is 0 Å². The maximum absolute atomic E-state index is 13.3. The van der Waals surface area contributed by atoms with Crippen molar-refractivity contribution in [3.8, 4) is 5.69 Å². The Morgan fingerprint density at radius 3 is 2.71 bits per heavy atom. The average Bonchev–Trinajstić information content (AvgIpc) is 3.47. The SMILES string of the molecule is Cc1cc(CNC(=O)CSc2nnc(C3CC3)n2-c2ccccc2)ccc1F. The van der Waals surface area contributed by atoms with Gasteiger partial charge < -0.3 is 5.32 Å². The number of nitrogens with one attached hydrogen (secondary N) is 1. The van der Waals surface area contributed by atoms with Crippen LogP contribution >= 0.6 is 11.8 Å². The standard InChI is InChI=1S/C21H21FN4OS/c1-14-11-15(7-10-18(14)22)12-23-19(27)13-28-21-25-24-20(16-8-9-16)26(21)17-5-3-2-4-6-17/h2-7,10-11,16H,8-9,12-13H2,1H3,(H,23,27). The summed E-state index contributed by atoms with van der Waals surface area (Å²) in [6.45, 7) is 2.09. The molecule has 28 heavy (non-hydrogen) atoms. The monoisotopic (exact) mass is 396 g/mol. The van der Waals surface area contributed by atoms with Crippen LogP contribution < -0.4 is 5.32 Å². The fraction of sp³-hybridized carbons (Fsp3) is 0.286. The highest BCUT2D eigenvalue weighted by Gasteiger charge is 2.31. The van der Waals surface area contributed by atoms with E-state index >= 15 is 0 Å². The largest absolute Gasteiger partial charge is 0.351 e. The van der Waals surface area contributed by atoms with Gasteiger partial charge in [-0.3, -0.25) is 9.36 Å². The molecule has 1 heterocycles. The highest BCUT2D eigenvalue weighted by Crippen LogP contribution is 2.41. The minimum atomic E-state index is -0.239. The minimum absolute atomic E-state index is 0.0949. The van der Waals surface area contributed by atoms with Crippen LogP contribution in [0.5, 0.6) is 0 Å². The number of hydrogen-bond acceptors (Lipinski definition) is 4. The van der Waals surface area contributed by atoms with Gasteiger partial charge in [0.2, 0.25) is 5.91 Å². The number of thioether (sulfide) groups is 1. The summed E-state index contributed by atoms with van der Waals surface area (Å²) in [6.07, 6.45) is 2.26. The van der Waals surface area contributed by atoms with Crippen molar-refractivity contribution in [2.45, 2.75) is 37.4 Å². The molecule has 0 unspecified atom stereocenters. The molecule has 2 aromatic carbocycles. The van der Waals surface area contributed by atoms with Crippen LogP contribution in [-0.2, 0) is 11.3 Å². The van der Waals surface area contributed by atoms with Crippen LogP contribution in [0, 0.1) is 12.7 Å². The van der Waals surface area contributed by atoms with Gasteiger partial charge in [-0.2, -0.15) is 0 Å². The Bertz CT molecular complexity index is 985. The third kappa shape index (κ3) is 4.25. The summed E-state index contributed by atoms with van der Waals surface area (Å²) < 4.78 is 15.4. The molecule has 1 fully saturated rings. The zero-order valence-electron chi connectivity index (χ0n) is 15.6. The smallest absolute Gasteiger partial charge is 0.230 e. The van der Waals surface area contributed by atoms with Gasteiger partial charge in [0.1, 0.15) is 11.6 Å². The van der Waals surface area contributed by atoms with Crippen LogP contribution in [-0.4, -0.2) is 26.4 Å². The molecule has 7 heteroatoms. The second-order valence-electron chi connectivity index (χ2n) is 6.93. The first kappa shape index (κ1) is 18.7. The van der Waals surface area contributed by atoms with Crippen LogP contribution in [0.25, 0.3) is 5.69 Å². The maximum atomic E-state index is 13.3. The predicted molar refractivity (Wildman–Crippen MR) is 107 cm³/mol. The van der Waals surface area contributed by atoms with Gasteiger partial charge in [0.15, 0.2) is 5.16 Å². The quantitative estimate of drug-likeness (QED) is 0.613. The van der Waals surface area contributed by atoms with E-state index in [-0.39, 0.29) is 17.5 Å². The summed E-state index contributed by atoms with van der Waals surface area (Å²) in [4.78, 5) is 12.3. The van der Waals surface area contributed by atoms with Gasteiger partial charge in [-0.15, -0.1) is 10.2 Å². The molecule has 1 aromatic heterocycles. The summed E-state index contributed by atoms with van der Waals surface area (Å²) >= 11 is 1.37. The summed E-state index contributed by atoms with van der Waals surface area (Å²) in [5.41, 5.74) is 2.46. The number of nitrogens with zero attached hydrogens (tertiary/aromatic N) is 3. The van der Waals surface area contributed by atoms with E-state index < -0.39 is 0 Å². The molecule has 3 aromatic rings. The Labute approximate surface area is 167 Å². The Balaban J connectivity index is 1.40. The van der Waals surface area contributed by atoms with Gasteiger partial charge in [-0.05, 0) is 49.1 Å². The molecule has 1 N–H and O–H groups in total. The highest BCUT2D eigenvalue weighted by molar-refractivity contribution is 7.99. The Kier molecular flexibility index (Phi) is 5.43. The molecule has 0 spiro atoms. The van der Waals surface area contributed by atoms with Crippen molar-refractivity contribution in [1.29, 1.82) is 0 Å². The summed E-state index contributed by atoms with van der Waals surface area (Å²) in [7, 11) is 0. The van der Waals surface area contributed by atoms with Crippen molar-refractivity contribution < 1.29 is 9.18 Å². The van der Waals surface area contributed by atoms with Crippen molar-refractivity contribution in [3.05, 3.63) is 71.3 Å². The lowest BCUT2D eigenvalue weighted by Gasteiger charge is -2.10. The molecule has 4 rings (SSSR count). The molecule has 0 bridgehead atoms. The molecule has 0 radical (unpaired) electrons. The molecular formula is C21H21FN4OS. The number of hydrogen-bond donors (Lipinski definition) is 1. The van der Waals surface area contributed by atoms with E-state index in [1.54, 1.807) is 19.1 Å². The van der Waals surface area contributed by atoms with Gasteiger partial charge in [-0.1, -0.05) is 42.1 Å². The molecule has 1 aliphatic carbocycles. The third-order valence-corrected chi connectivity index (χ3v) is 5.59. The first-order chi connectivity index (χ1) is 13.6. The minimum Gasteiger partial charge on any atom is -0.351 e. The number of aryl methyl sites for hydroxylation is 1. The molecule has 5 nitrogen and oxygen atoms in total. The van der Waals surface area contributed by atoms with Crippen molar-refractivity contribution in [1.82, 2.24) is 20.1 Å². The number of aromatic nitrogens is 3. The molecule has 0 saturated heterocycles. The zero-order valence-corrected chi connectivity index (χ0v) is 16.4. The van der Waals surface area contributed by atoms with Gasteiger partial charge in [0.05, 0.1) is 5.75 Å². The van der Waals surface area contributed by atoms with Crippen LogP contribution in [0.15, 0.2) is 53.7 Å². The second-order valence-corrected chi connectivity index (χ2v) is 7.88. The van der Waals surface area contributed by atoms with Crippen LogP contribution in [0.3, 0.4) is 0 Å². The topological polar surface area (TPSA) is 59.8 Å². The number of halogens is 1. The molecule has 1 amide bonds. The van der Waals surface area contributed by atoms with E-state index in [0.717, 1.165) is 35.1 Å². The van der Waals surface area contributed by atoms with Crippen molar-refractivity contribution >= 4 is 17.7 Å². The number of carbonyl (C=O) groups excluding carboxylic acids is 1. The lowest BCUT2D eigenvalue weighted by Crippen LogP contribution is -2.24. The average molecular weight is 396 g/mol. The van der Waals surface area contributed by atoms with E-state index in [0.29, 0.717) is 18.0 Å². The fourth-order valence-corrected chi connectivity index (χ4v) is 3.79. The van der Waals surface area contributed by atoms with E-state index in [2.05, 4.69) is 20.1 Å². The lowest BCUT2D eigenvalue weighted by atomic mass is 10.1. The molecule has 1 saturated carbocycles. The molecule has 0 atom stereocenters. The van der Waals surface area contributed by atoms with Crippen LogP contribution in [0.1, 0.15) is 35.7 Å². The second kappa shape index (κ2) is 8.14. The third-order valence-electron chi connectivity index (χ3n) is 4.66. The number of benzene rings is 2. The van der Waals surface area contributed by atoms with Crippen LogP contribution in [0.4, 0.5) is 4.39 Å². The molecule has 0 aliphatic heterocycles. The summed E-state index contributed by atoms with van der Waals surface area (Å²) in [6, 6.07) is 14.8. The number of carbonyl (C=O) groups is 1. The van der Waals surface area contributed by atoms with Gasteiger partial charge >= 0.3 is 0 Å². The molecule has 1 aliphatic rings. The maximum Gasteiger partial charge on any atom is 0.230 e. The summed E-state index contributed by atoms with van der Waals surface area (Å²) in [5.74, 6) is 1.34. The normalized spacial score (nSPS) is 13.5. The first-order valence-corrected chi connectivity index (χ1v) is 10.3. The van der Waals surface area contributed by atoms with Gasteiger partial charge in [0.25, 0.3) is 0 Å². The number of para-hydroxylation sites is 1. The van der Waals surface area contributed by atoms with Crippen molar-refractivity contribution in [2.75, 3.05) is 5.75 Å². The number of amides is 1. The molecule has 144 valence electrons. The van der Waals surface area contributed by atoms with E-state index in [1.165, 1.54) is 17.8 Å². The Hall–Kier alpha value is -2.67. The number of rotatable bonds is 7. The molecular weight excluding hydrogens is 375 g/mol. The zero-order chi connectivity index (χ0) is 19.5. The van der Waals surface area contributed by atoms with Gasteiger partial charge in [-0.25, -0.2) is 4.39 Å². The highest BCUT2D eigenvalue weighted by atomic mass is 32.2. The Morgan fingerprint density at radius 1 is 1.21 bits per heavy atom. The van der Waals surface area contributed by atoms with Crippen molar-refractivity contribution in [2.24, 2.45) is 0 Å². The van der Waals surface area contributed by atoms with E-state index in [1.807, 2.05) is 30.3 Å². The Morgan fingerprint density at radius 2 is 2.00 bits per heavy atom. The predicted octanol–water partition coefficient (Wildman–Crippen LogP) is 4.00. The van der Waals surface area contributed by atoms with Crippen LogP contribution in [0.2, 0.25) is 0 Å². The van der Waals surface area contributed by atoms with Crippen molar-refractivity contribution in [3.63, 3.8) is 0 Å². The summed E-state index contributed by atoms with van der Waals surface area (Å²) in [5, 5.41) is 12.3. The first-order valence-electron chi connectivity index (χ1n) is 9.27. The lowest BCUT2D eigenvalue weighted by molar-refractivity contribution is -0.118. The fourth-order valence-electron chi connectivity index (χ4n) is 3.00.